The smallest absolute Gasteiger partial charge is 0.245 e. The highest BCUT2D eigenvalue weighted by Gasteiger charge is 2.39. The van der Waals surface area contributed by atoms with Crippen LogP contribution >= 0.6 is 0 Å². The van der Waals surface area contributed by atoms with Crippen molar-refractivity contribution in [1.29, 1.82) is 5.26 Å². The predicted molar refractivity (Wildman–Crippen MR) is 75.5 cm³/mol. The van der Waals surface area contributed by atoms with Crippen molar-refractivity contribution in [3.63, 3.8) is 0 Å². The first-order valence-corrected chi connectivity index (χ1v) is 7.17. The zero-order chi connectivity index (χ0) is 15.5. The van der Waals surface area contributed by atoms with Gasteiger partial charge in [-0.3, -0.25) is 4.79 Å². The van der Waals surface area contributed by atoms with E-state index in [0.29, 0.717) is 12.8 Å². The Labute approximate surface area is 123 Å². The largest absolute Gasteiger partial charge is 0.320 e. The molecule has 112 valence electrons. The second-order valence-corrected chi connectivity index (χ2v) is 5.62. The fourth-order valence-corrected chi connectivity index (χ4v) is 2.73. The molecule has 0 bridgehead atoms. The lowest BCUT2D eigenvalue weighted by molar-refractivity contribution is -0.123. The monoisotopic (exact) mass is 292 g/mol. The van der Waals surface area contributed by atoms with Crippen LogP contribution in [0.15, 0.2) is 12.1 Å². The van der Waals surface area contributed by atoms with E-state index in [1.807, 2.05) is 0 Å². The molecule has 1 fully saturated rings. The van der Waals surface area contributed by atoms with Gasteiger partial charge in [-0.1, -0.05) is 31.7 Å². The van der Waals surface area contributed by atoms with Crippen molar-refractivity contribution in [2.75, 3.05) is 5.32 Å². The van der Waals surface area contributed by atoms with Crippen LogP contribution in [0.25, 0.3) is 0 Å². The van der Waals surface area contributed by atoms with Gasteiger partial charge < -0.3 is 5.32 Å². The minimum atomic E-state index is -1.18. The van der Waals surface area contributed by atoms with Gasteiger partial charge in [0.2, 0.25) is 5.91 Å². The van der Waals surface area contributed by atoms with Gasteiger partial charge in [0.25, 0.3) is 0 Å². The molecule has 1 aliphatic rings. The molecule has 0 heterocycles. The van der Waals surface area contributed by atoms with Gasteiger partial charge in [0.05, 0.1) is 6.07 Å². The molecule has 3 nitrogen and oxygen atoms in total. The number of carbonyl (C=O) groups excluding carboxylic acids is 1. The van der Waals surface area contributed by atoms with Crippen molar-refractivity contribution in [2.45, 2.75) is 45.4 Å². The summed E-state index contributed by atoms with van der Waals surface area (Å²) in [4.78, 5) is 12.4. The van der Waals surface area contributed by atoms with E-state index in [4.69, 9.17) is 0 Å². The number of halogens is 2. The molecule has 0 radical (unpaired) electrons. The Hall–Kier alpha value is -1.96. The van der Waals surface area contributed by atoms with Crippen LogP contribution in [-0.2, 0) is 4.79 Å². The summed E-state index contributed by atoms with van der Waals surface area (Å²) in [6, 6.07) is 4.50. The van der Waals surface area contributed by atoms with Gasteiger partial charge in [-0.2, -0.15) is 5.26 Å². The highest BCUT2D eigenvalue weighted by molar-refractivity contribution is 5.97. The lowest BCUT2D eigenvalue weighted by atomic mass is 9.81. The highest BCUT2D eigenvalue weighted by atomic mass is 19.1. The highest BCUT2D eigenvalue weighted by Crippen LogP contribution is 2.36. The van der Waals surface area contributed by atoms with E-state index in [-0.39, 0.29) is 5.56 Å². The fraction of sp³-hybridized carbons (Fsp3) is 0.500. The number of hydrogen-bond acceptors (Lipinski definition) is 2. The molecule has 1 N–H and O–H groups in total. The zero-order valence-corrected chi connectivity index (χ0v) is 12.0. The normalized spacial score (nSPS) is 17.6. The number of carbonyl (C=O) groups is 1. The van der Waals surface area contributed by atoms with Crippen LogP contribution in [0.4, 0.5) is 14.5 Å². The quantitative estimate of drug-likeness (QED) is 0.835. The number of nitrogens with one attached hydrogen (secondary N) is 1. The third-order valence-electron chi connectivity index (χ3n) is 4.13. The second kappa shape index (κ2) is 6.21. The Kier molecular flexibility index (Phi) is 4.56. The molecule has 2 rings (SSSR count). The zero-order valence-electron chi connectivity index (χ0n) is 12.0. The van der Waals surface area contributed by atoms with Gasteiger partial charge in [-0.25, -0.2) is 8.78 Å². The molecule has 0 atom stereocenters. The number of nitriles is 1. The predicted octanol–water partition coefficient (Wildman–Crippen LogP) is 4.08. The molecule has 1 aromatic rings. The third kappa shape index (κ3) is 3.05. The number of rotatable bonds is 2. The van der Waals surface area contributed by atoms with Crippen molar-refractivity contribution in [1.82, 2.24) is 0 Å². The molecule has 1 saturated carbocycles. The Morgan fingerprint density at radius 3 is 2.43 bits per heavy atom. The number of amides is 1. The molecule has 5 heteroatoms. The molecule has 0 aliphatic heterocycles. The van der Waals surface area contributed by atoms with Gasteiger partial charge in [-0.05, 0) is 31.4 Å². The summed E-state index contributed by atoms with van der Waals surface area (Å²) in [7, 11) is 0. The number of hydrogen-bond donors (Lipinski definition) is 1. The first-order valence-electron chi connectivity index (χ1n) is 7.17. The van der Waals surface area contributed by atoms with Gasteiger partial charge in [0.15, 0.2) is 5.82 Å². The SMILES string of the molecule is Cc1ccc(F)c(NC(=O)C2(C#N)CCCCCC2)c1F. The maximum Gasteiger partial charge on any atom is 0.245 e. The Morgan fingerprint density at radius 1 is 1.24 bits per heavy atom. The van der Waals surface area contributed by atoms with Crippen LogP contribution < -0.4 is 5.32 Å². The van der Waals surface area contributed by atoms with Crippen LogP contribution in [0.3, 0.4) is 0 Å². The van der Waals surface area contributed by atoms with Gasteiger partial charge in [-0.15, -0.1) is 0 Å². The number of nitrogens with zero attached hydrogens (tertiary/aromatic N) is 1. The van der Waals surface area contributed by atoms with Crippen molar-refractivity contribution in [3.8, 4) is 6.07 Å². The topological polar surface area (TPSA) is 52.9 Å². The maximum absolute atomic E-state index is 14.0. The molecular weight excluding hydrogens is 274 g/mol. The Balaban J connectivity index is 2.28. The van der Waals surface area contributed by atoms with E-state index >= 15 is 0 Å². The van der Waals surface area contributed by atoms with E-state index in [1.165, 1.54) is 13.0 Å². The summed E-state index contributed by atoms with van der Waals surface area (Å²) in [5.41, 5.74) is -1.39. The molecule has 21 heavy (non-hydrogen) atoms. The van der Waals surface area contributed by atoms with E-state index in [1.54, 1.807) is 0 Å². The molecule has 1 amide bonds. The summed E-state index contributed by atoms with van der Waals surface area (Å²) < 4.78 is 27.7. The minimum absolute atomic E-state index is 0.249. The van der Waals surface area contributed by atoms with Crippen molar-refractivity contribution in [3.05, 3.63) is 29.3 Å². The van der Waals surface area contributed by atoms with Crippen LogP contribution in [-0.4, -0.2) is 5.91 Å². The van der Waals surface area contributed by atoms with Gasteiger partial charge >= 0.3 is 0 Å². The summed E-state index contributed by atoms with van der Waals surface area (Å²) >= 11 is 0. The van der Waals surface area contributed by atoms with Crippen LogP contribution in [0, 0.1) is 35.3 Å². The summed E-state index contributed by atoms with van der Waals surface area (Å²) in [6.45, 7) is 1.50. The van der Waals surface area contributed by atoms with Gasteiger partial charge in [0, 0.05) is 0 Å². The van der Waals surface area contributed by atoms with E-state index < -0.39 is 28.6 Å². The lowest BCUT2D eigenvalue weighted by Gasteiger charge is -2.24. The summed E-state index contributed by atoms with van der Waals surface area (Å²) in [5.74, 6) is -2.21. The van der Waals surface area contributed by atoms with Crippen molar-refractivity contribution in [2.24, 2.45) is 5.41 Å². The number of aryl methyl sites for hydroxylation is 1. The third-order valence-corrected chi connectivity index (χ3v) is 4.13. The summed E-state index contributed by atoms with van der Waals surface area (Å²) in [6.07, 6.45) is 4.38. The molecule has 0 aromatic heterocycles. The standard InChI is InChI=1S/C16H18F2N2O/c1-11-6-7-12(17)14(13(11)18)20-15(21)16(10-19)8-4-2-3-5-9-16/h6-7H,2-5,8-9H2,1H3,(H,20,21). The lowest BCUT2D eigenvalue weighted by Crippen LogP contribution is -2.35. The van der Waals surface area contributed by atoms with E-state index in [9.17, 15) is 18.8 Å². The van der Waals surface area contributed by atoms with Gasteiger partial charge in [0.1, 0.15) is 16.9 Å². The van der Waals surface area contributed by atoms with Crippen LogP contribution in [0.5, 0.6) is 0 Å². The summed E-state index contributed by atoms with van der Waals surface area (Å²) in [5, 5.41) is 11.7. The molecule has 1 aliphatic carbocycles. The Morgan fingerprint density at radius 2 is 1.86 bits per heavy atom. The van der Waals surface area contributed by atoms with Crippen molar-refractivity contribution >= 4 is 11.6 Å². The van der Waals surface area contributed by atoms with Crippen LogP contribution in [0.2, 0.25) is 0 Å². The average molecular weight is 292 g/mol. The first kappa shape index (κ1) is 15.4. The maximum atomic E-state index is 14.0. The number of anilines is 1. The fourth-order valence-electron chi connectivity index (χ4n) is 2.73. The molecule has 0 saturated heterocycles. The van der Waals surface area contributed by atoms with Crippen LogP contribution in [0.1, 0.15) is 44.1 Å². The molecule has 1 aromatic carbocycles. The molecule has 0 spiro atoms. The molecular formula is C16H18F2N2O. The van der Waals surface area contributed by atoms with Crippen molar-refractivity contribution < 1.29 is 13.6 Å². The second-order valence-electron chi connectivity index (χ2n) is 5.62. The average Bonchev–Trinajstić information content (AvgIpc) is 2.74. The van der Waals surface area contributed by atoms with E-state index in [0.717, 1.165) is 31.7 Å². The minimum Gasteiger partial charge on any atom is -0.320 e. The Bertz CT molecular complexity index is 585. The molecule has 0 unspecified atom stereocenters. The van der Waals surface area contributed by atoms with E-state index in [2.05, 4.69) is 11.4 Å². The first-order chi connectivity index (χ1) is 10.00. The number of benzene rings is 1.